The van der Waals surface area contributed by atoms with Gasteiger partial charge in [-0.2, -0.15) is 0 Å². The Morgan fingerprint density at radius 3 is 2.82 bits per heavy atom. The van der Waals surface area contributed by atoms with Gasteiger partial charge in [0.1, 0.15) is 5.82 Å². The zero-order valence-corrected chi connectivity index (χ0v) is 10.3. The lowest BCUT2D eigenvalue weighted by molar-refractivity contribution is 0.0696. The highest BCUT2D eigenvalue weighted by Gasteiger charge is 2.10. The predicted molar refractivity (Wildman–Crippen MR) is 68.6 cm³/mol. The summed E-state index contributed by atoms with van der Waals surface area (Å²) >= 11 is 0. The molecule has 4 heteroatoms. The molecule has 1 rings (SSSR count). The van der Waals surface area contributed by atoms with Crippen LogP contribution in [0.5, 0.6) is 0 Å². The van der Waals surface area contributed by atoms with E-state index in [-0.39, 0.29) is 5.56 Å². The Kier molecular flexibility index (Phi) is 4.69. The number of hydrogen-bond donors (Lipinski definition) is 1. The first-order valence-corrected chi connectivity index (χ1v) is 5.66. The third-order valence-corrected chi connectivity index (χ3v) is 2.35. The molecule has 0 spiro atoms. The number of anilines is 1. The molecule has 17 heavy (non-hydrogen) atoms. The lowest BCUT2D eigenvalue weighted by atomic mass is 10.2. The fraction of sp³-hybridized carbons (Fsp3) is 0.385. The van der Waals surface area contributed by atoms with E-state index in [9.17, 15) is 4.79 Å². The molecule has 0 atom stereocenters. The van der Waals surface area contributed by atoms with Crippen LogP contribution in [0.2, 0.25) is 0 Å². The Balaban J connectivity index is 3.08. The summed E-state index contributed by atoms with van der Waals surface area (Å²) in [6, 6.07) is 3.18. The Hall–Kier alpha value is -1.84. The topological polar surface area (TPSA) is 53.4 Å². The number of carboxylic acids is 1. The van der Waals surface area contributed by atoms with Crippen LogP contribution in [0.25, 0.3) is 0 Å². The van der Waals surface area contributed by atoms with Gasteiger partial charge in [0.05, 0.1) is 5.56 Å². The molecule has 0 aliphatic carbocycles. The maximum atomic E-state index is 11.0. The molecule has 0 amide bonds. The second-order valence-electron chi connectivity index (χ2n) is 3.90. The van der Waals surface area contributed by atoms with Crippen molar-refractivity contribution in [3.8, 4) is 0 Å². The smallest absolute Gasteiger partial charge is 0.335 e. The largest absolute Gasteiger partial charge is 0.478 e. The van der Waals surface area contributed by atoms with Crippen LogP contribution >= 0.6 is 0 Å². The molecule has 0 fully saturated rings. The quantitative estimate of drug-likeness (QED) is 0.768. The molecule has 1 N–H and O–H groups in total. The van der Waals surface area contributed by atoms with E-state index in [2.05, 4.69) is 18.5 Å². The number of aryl methyl sites for hydroxylation is 1. The number of rotatable bonds is 6. The van der Waals surface area contributed by atoms with Gasteiger partial charge < -0.3 is 10.0 Å². The van der Waals surface area contributed by atoms with Crippen LogP contribution in [0.3, 0.4) is 0 Å². The Morgan fingerprint density at radius 2 is 2.29 bits per heavy atom. The van der Waals surface area contributed by atoms with E-state index in [1.165, 1.54) is 0 Å². The molecule has 0 aromatic carbocycles. The van der Waals surface area contributed by atoms with Crippen molar-refractivity contribution < 1.29 is 9.90 Å². The van der Waals surface area contributed by atoms with Gasteiger partial charge in [-0.1, -0.05) is 13.0 Å². The molecule has 0 aliphatic rings. The average molecular weight is 234 g/mol. The number of aromatic nitrogens is 1. The monoisotopic (exact) mass is 234 g/mol. The van der Waals surface area contributed by atoms with Crippen LogP contribution in [-0.2, 0) is 0 Å². The summed E-state index contributed by atoms with van der Waals surface area (Å²) in [7, 11) is 0. The molecule has 0 aliphatic heterocycles. The van der Waals surface area contributed by atoms with E-state index in [1.54, 1.807) is 25.1 Å². The number of hydrogen-bond acceptors (Lipinski definition) is 3. The summed E-state index contributed by atoms with van der Waals surface area (Å²) < 4.78 is 0. The van der Waals surface area contributed by atoms with Crippen molar-refractivity contribution in [1.29, 1.82) is 0 Å². The van der Waals surface area contributed by atoms with Crippen molar-refractivity contribution in [2.24, 2.45) is 0 Å². The maximum absolute atomic E-state index is 11.0. The Bertz CT molecular complexity index is 416. The second kappa shape index (κ2) is 6.03. The van der Waals surface area contributed by atoms with Crippen molar-refractivity contribution in [3.63, 3.8) is 0 Å². The van der Waals surface area contributed by atoms with Crippen LogP contribution in [-0.4, -0.2) is 29.1 Å². The van der Waals surface area contributed by atoms with Gasteiger partial charge in [-0.25, -0.2) is 9.78 Å². The zero-order valence-electron chi connectivity index (χ0n) is 10.3. The van der Waals surface area contributed by atoms with Crippen molar-refractivity contribution in [2.75, 3.05) is 18.0 Å². The molecule has 1 heterocycles. The minimum atomic E-state index is -0.924. The van der Waals surface area contributed by atoms with Gasteiger partial charge >= 0.3 is 5.97 Å². The number of nitrogens with zero attached hydrogens (tertiary/aromatic N) is 2. The van der Waals surface area contributed by atoms with E-state index in [0.717, 1.165) is 13.0 Å². The zero-order chi connectivity index (χ0) is 12.8. The van der Waals surface area contributed by atoms with Crippen LogP contribution < -0.4 is 4.90 Å². The molecular formula is C13H18N2O2. The SMILES string of the molecule is C=CCN(CCC)c1cc(C(=O)O)cc(C)n1. The van der Waals surface area contributed by atoms with Crippen molar-refractivity contribution in [2.45, 2.75) is 20.3 Å². The van der Waals surface area contributed by atoms with Gasteiger partial charge in [0.2, 0.25) is 0 Å². The molecule has 0 saturated heterocycles. The maximum Gasteiger partial charge on any atom is 0.335 e. The highest BCUT2D eigenvalue weighted by Crippen LogP contribution is 2.15. The normalized spacial score (nSPS) is 10.0. The summed E-state index contributed by atoms with van der Waals surface area (Å²) in [4.78, 5) is 17.4. The summed E-state index contributed by atoms with van der Waals surface area (Å²) in [5, 5.41) is 9.01. The van der Waals surface area contributed by atoms with Gasteiger partial charge in [0.15, 0.2) is 0 Å². The second-order valence-corrected chi connectivity index (χ2v) is 3.90. The molecule has 92 valence electrons. The Labute approximate surface area is 102 Å². The number of pyridine rings is 1. The number of aromatic carboxylic acids is 1. The third-order valence-electron chi connectivity index (χ3n) is 2.35. The Morgan fingerprint density at radius 1 is 1.59 bits per heavy atom. The van der Waals surface area contributed by atoms with E-state index < -0.39 is 5.97 Å². The number of carboxylic acid groups (broad SMARTS) is 1. The van der Waals surface area contributed by atoms with Crippen molar-refractivity contribution >= 4 is 11.8 Å². The average Bonchev–Trinajstić information content (AvgIpc) is 2.28. The van der Waals surface area contributed by atoms with E-state index in [4.69, 9.17) is 5.11 Å². The van der Waals surface area contributed by atoms with Crippen LogP contribution in [0.4, 0.5) is 5.82 Å². The lowest BCUT2D eigenvalue weighted by Crippen LogP contribution is -2.25. The first-order valence-electron chi connectivity index (χ1n) is 5.66. The van der Waals surface area contributed by atoms with Gasteiger partial charge in [0, 0.05) is 18.8 Å². The van der Waals surface area contributed by atoms with Gasteiger partial charge in [-0.3, -0.25) is 0 Å². The van der Waals surface area contributed by atoms with Gasteiger partial charge in [-0.15, -0.1) is 6.58 Å². The summed E-state index contributed by atoms with van der Waals surface area (Å²) in [6.07, 6.45) is 2.77. The van der Waals surface area contributed by atoms with E-state index >= 15 is 0 Å². The molecule has 0 unspecified atom stereocenters. The summed E-state index contributed by atoms with van der Waals surface area (Å²) in [6.45, 7) is 9.08. The first-order chi connectivity index (χ1) is 8.08. The van der Waals surface area contributed by atoms with Gasteiger partial charge in [-0.05, 0) is 25.5 Å². The molecule has 0 radical (unpaired) electrons. The van der Waals surface area contributed by atoms with E-state index in [0.29, 0.717) is 18.1 Å². The fourth-order valence-electron chi connectivity index (χ4n) is 1.66. The van der Waals surface area contributed by atoms with Crippen LogP contribution in [0.15, 0.2) is 24.8 Å². The molecule has 0 bridgehead atoms. The lowest BCUT2D eigenvalue weighted by Gasteiger charge is -2.22. The third kappa shape index (κ3) is 3.59. The summed E-state index contributed by atoms with van der Waals surface area (Å²) in [5.74, 6) is -0.226. The predicted octanol–water partition coefficient (Wildman–Crippen LogP) is 2.49. The molecule has 0 saturated carbocycles. The molecule has 4 nitrogen and oxygen atoms in total. The molecular weight excluding hydrogens is 216 g/mol. The van der Waals surface area contributed by atoms with Crippen LogP contribution in [0, 0.1) is 6.92 Å². The highest BCUT2D eigenvalue weighted by molar-refractivity contribution is 5.88. The highest BCUT2D eigenvalue weighted by atomic mass is 16.4. The summed E-state index contributed by atoms with van der Waals surface area (Å²) in [5.41, 5.74) is 0.989. The first kappa shape index (κ1) is 13.2. The minimum Gasteiger partial charge on any atom is -0.478 e. The van der Waals surface area contributed by atoms with Gasteiger partial charge in [0.25, 0.3) is 0 Å². The fourth-order valence-corrected chi connectivity index (χ4v) is 1.66. The van der Waals surface area contributed by atoms with Crippen molar-refractivity contribution in [1.82, 2.24) is 4.98 Å². The number of carbonyl (C=O) groups is 1. The minimum absolute atomic E-state index is 0.276. The van der Waals surface area contributed by atoms with E-state index in [1.807, 2.05) is 4.90 Å². The molecule has 1 aromatic rings. The van der Waals surface area contributed by atoms with Crippen molar-refractivity contribution in [3.05, 3.63) is 36.0 Å². The van der Waals surface area contributed by atoms with Crippen LogP contribution in [0.1, 0.15) is 29.4 Å². The standard InChI is InChI=1S/C13H18N2O2/c1-4-6-15(7-5-2)12-9-11(13(16)17)8-10(3)14-12/h4,8-9H,1,5-7H2,2-3H3,(H,16,17). The molecule has 1 aromatic heterocycles.